The van der Waals surface area contributed by atoms with E-state index in [2.05, 4.69) is 20.5 Å². The van der Waals surface area contributed by atoms with Crippen LogP contribution in [0.15, 0.2) is 47.6 Å². The predicted molar refractivity (Wildman–Crippen MR) is 137 cm³/mol. The first-order valence-electron chi connectivity index (χ1n) is 12.5. The first-order chi connectivity index (χ1) is 17.8. The van der Waals surface area contributed by atoms with Gasteiger partial charge < -0.3 is 20.1 Å². The zero-order valence-electron chi connectivity index (χ0n) is 21.0. The van der Waals surface area contributed by atoms with Gasteiger partial charge in [0.25, 0.3) is 0 Å². The third-order valence-corrected chi connectivity index (χ3v) is 6.18. The topological polar surface area (TPSA) is 92.3 Å². The van der Waals surface area contributed by atoms with Crippen molar-refractivity contribution < 1.29 is 27.8 Å². The van der Waals surface area contributed by atoms with Gasteiger partial charge >= 0.3 is 6.61 Å². The maximum absolute atomic E-state index is 12.9. The second kappa shape index (κ2) is 12.0. The van der Waals surface area contributed by atoms with Crippen LogP contribution in [0.5, 0.6) is 11.5 Å². The molecule has 10 heteroatoms. The third kappa shape index (κ3) is 7.65. The summed E-state index contributed by atoms with van der Waals surface area (Å²) < 4.78 is 35.9. The number of carbonyl (C=O) groups is 2. The molecule has 1 heterocycles. The quantitative estimate of drug-likeness (QED) is 0.407. The number of nitrogens with one attached hydrogen (secondary N) is 2. The average Bonchev–Trinajstić information content (AvgIpc) is 3.57. The average molecular weight is 515 g/mol. The Morgan fingerprint density at radius 2 is 1.76 bits per heavy atom. The maximum atomic E-state index is 12.9. The fourth-order valence-electron chi connectivity index (χ4n) is 3.85. The van der Waals surface area contributed by atoms with Crippen LogP contribution >= 0.6 is 0 Å². The van der Waals surface area contributed by atoms with Crippen molar-refractivity contribution in [3.8, 4) is 11.5 Å². The van der Waals surface area contributed by atoms with Gasteiger partial charge in [0.15, 0.2) is 11.5 Å². The van der Waals surface area contributed by atoms with Crippen LogP contribution in [0, 0.1) is 11.8 Å². The Balaban J connectivity index is 1.37. The number of ether oxygens (including phenoxy) is 2. The van der Waals surface area contributed by atoms with Gasteiger partial charge in [-0.2, -0.15) is 13.9 Å². The first-order valence-corrected chi connectivity index (χ1v) is 12.5. The first kappa shape index (κ1) is 26.4. The zero-order chi connectivity index (χ0) is 26.4. The monoisotopic (exact) mass is 514 g/mol. The summed E-state index contributed by atoms with van der Waals surface area (Å²) in [6.07, 6.45) is 5.20. The van der Waals surface area contributed by atoms with Crippen LogP contribution in [-0.4, -0.2) is 48.8 Å². The summed E-state index contributed by atoms with van der Waals surface area (Å²) >= 11 is 0. The van der Waals surface area contributed by atoms with E-state index in [1.807, 2.05) is 13.8 Å². The largest absolute Gasteiger partial charge is 0.489 e. The molecule has 1 aliphatic heterocycles. The number of rotatable bonds is 11. The van der Waals surface area contributed by atoms with E-state index in [0.717, 1.165) is 19.3 Å². The summed E-state index contributed by atoms with van der Waals surface area (Å²) in [4.78, 5) is 24.8. The summed E-state index contributed by atoms with van der Waals surface area (Å²) in [6.45, 7) is 1.77. The standard InChI is InChI=1S/C27H32F2N4O4/c1-17(2)25(34)31-20-8-10-21(11-9-20)32-26(35)22-4-3-13-33(22)30-15-19-7-12-23(37-27(28)29)24(14-19)36-16-18-5-6-18/h7-12,14-15,17-18,22,27H,3-6,13,16H2,1-2H3,(H,31,34)(H,32,35)/b30-15+/t22-/m0/s1. The molecule has 2 N–H and O–H groups in total. The van der Waals surface area contributed by atoms with E-state index in [1.54, 1.807) is 47.6 Å². The van der Waals surface area contributed by atoms with Gasteiger partial charge in [-0.1, -0.05) is 13.8 Å². The molecule has 1 saturated carbocycles. The molecular formula is C27H32F2N4O4. The third-order valence-electron chi connectivity index (χ3n) is 6.18. The number of hydrazone groups is 1. The van der Waals surface area contributed by atoms with Gasteiger partial charge in [0.1, 0.15) is 6.04 Å². The van der Waals surface area contributed by atoms with E-state index in [4.69, 9.17) is 4.74 Å². The molecule has 2 aliphatic rings. The molecule has 2 aromatic carbocycles. The Morgan fingerprint density at radius 1 is 1.05 bits per heavy atom. The summed E-state index contributed by atoms with van der Waals surface area (Å²) in [5.74, 6) is 0.312. The lowest BCUT2D eigenvalue weighted by Gasteiger charge is -2.21. The van der Waals surface area contributed by atoms with Crippen LogP contribution in [0.4, 0.5) is 20.2 Å². The second-order valence-corrected chi connectivity index (χ2v) is 9.62. The molecule has 0 bridgehead atoms. The molecule has 0 radical (unpaired) electrons. The molecule has 2 amide bonds. The molecule has 8 nitrogen and oxygen atoms in total. The molecule has 2 aromatic rings. The highest BCUT2D eigenvalue weighted by atomic mass is 19.3. The van der Waals surface area contributed by atoms with Crippen LogP contribution in [0.2, 0.25) is 0 Å². The van der Waals surface area contributed by atoms with Crippen LogP contribution in [0.1, 0.15) is 45.1 Å². The summed E-state index contributed by atoms with van der Waals surface area (Å²) in [5.41, 5.74) is 1.93. The van der Waals surface area contributed by atoms with E-state index in [-0.39, 0.29) is 29.2 Å². The summed E-state index contributed by atoms with van der Waals surface area (Å²) in [6, 6.07) is 11.2. The van der Waals surface area contributed by atoms with Crippen LogP contribution < -0.4 is 20.1 Å². The number of benzene rings is 2. The van der Waals surface area contributed by atoms with Gasteiger partial charge in [0.05, 0.1) is 12.8 Å². The van der Waals surface area contributed by atoms with Gasteiger partial charge in [0, 0.05) is 23.8 Å². The Kier molecular flexibility index (Phi) is 8.58. The fraction of sp³-hybridized carbons (Fsp3) is 0.444. The number of carbonyl (C=O) groups excluding carboxylic acids is 2. The maximum Gasteiger partial charge on any atom is 0.387 e. The van der Waals surface area contributed by atoms with Gasteiger partial charge in [0.2, 0.25) is 11.8 Å². The smallest absolute Gasteiger partial charge is 0.387 e. The van der Waals surface area contributed by atoms with Gasteiger partial charge in [-0.05, 0) is 79.6 Å². The van der Waals surface area contributed by atoms with Crippen molar-refractivity contribution in [3.63, 3.8) is 0 Å². The Hall–Kier alpha value is -3.69. The molecule has 2 fully saturated rings. The highest BCUT2D eigenvalue weighted by Gasteiger charge is 2.30. The highest BCUT2D eigenvalue weighted by Crippen LogP contribution is 2.34. The second-order valence-electron chi connectivity index (χ2n) is 9.62. The van der Waals surface area contributed by atoms with Crippen LogP contribution in [-0.2, 0) is 9.59 Å². The molecule has 4 rings (SSSR count). The number of nitrogens with zero attached hydrogens (tertiary/aromatic N) is 2. The molecular weight excluding hydrogens is 482 g/mol. The lowest BCUT2D eigenvalue weighted by molar-refractivity contribution is -0.120. The molecule has 1 saturated heterocycles. The molecule has 37 heavy (non-hydrogen) atoms. The highest BCUT2D eigenvalue weighted by molar-refractivity contribution is 5.96. The minimum absolute atomic E-state index is 0.0129. The molecule has 0 aromatic heterocycles. The van der Waals surface area contributed by atoms with E-state index in [1.165, 1.54) is 6.07 Å². The Morgan fingerprint density at radius 3 is 2.41 bits per heavy atom. The van der Waals surface area contributed by atoms with Crippen LogP contribution in [0.25, 0.3) is 0 Å². The number of hydrogen-bond acceptors (Lipinski definition) is 6. The van der Waals surface area contributed by atoms with Crippen molar-refractivity contribution in [3.05, 3.63) is 48.0 Å². The van der Waals surface area contributed by atoms with Crippen molar-refractivity contribution in [1.82, 2.24) is 5.01 Å². The van der Waals surface area contributed by atoms with E-state index in [0.29, 0.717) is 42.4 Å². The molecule has 1 atom stereocenters. The number of alkyl halides is 2. The van der Waals surface area contributed by atoms with Crippen molar-refractivity contribution in [1.29, 1.82) is 0 Å². The number of hydrogen-bond donors (Lipinski definition) is 2. The lowest BCUT2D eigenvalue weighted by Crippen LogP contribution is -2.36. The number of amides is 2. The van der Waals surface area contributed by atoms with Crippen molar-refractivity contribution in [2.75, 3.05) is 23.8 Å². The van der Waals surface area contributed by atoms with Crippen molar-refractivity contribution in [2.45, 2.75) is 52.2 Å². The minimum Gasteiger partial charge on any atom is -0.489 e. The molecule has 198 valence electrons. The predicted octanol–water partition coefficient (Wildman–Crippen LogP) is 5.11. The van der Waals surface area contributed by atoms with Gasteiger partial charge in [-0.25, -0.2) is 0 Å². The Labute approximate surface area is 215 Å². The fourth-order valence-corrected chi connectivity index (χ4v) is 3.85. The normalized spacial score (nSPS) is 17.5. The summed E-state index contributed by atoms with van der Waals surface area (Å²) in [5, 5.41) is 11.9. The molecule has 1 aliphatic carbocycles. The van der Waals surface area contributed by atoms with Gasteiger partial charge in [-0.15, -0.1) is 0 Å². The van der Waals surface area contributed by atoms with E-state index < -0.39 is 12.7 Å². The van der Waals surface area contributed by atoms with E-state index in [9.17, 15) is 18.4 Å². The zero-order valence-corrected chi connectivity index (χ0v) is 21.0. The summed E-state index contributed by atoms with van der Waals surface area (Å²) in [7, 11) is 0. The lowest BCUT2D eigenvalue weighted by atomic mass is 10.2. The number of halogens is 2. The van der Waals surface area contributed by atoms with Gasteiger partial charge in [-0.3, -0.25) is 14.6 Å². The molecule has 0 spiro atoms. The minimum atomic E-state index is -2.94. The van der Waals surface area contributed by atoms with Crippen molar-refractivity contribution >= 4 is 29.4 Å². The Bertz CT molecular complexity index is 1120. The van der Waals surface area contributed by atoms with Crippen LogP contribution in [0.3, 0.4) is 0 Å². The van der Waals surface area contributed by atoms with Crippen molar-refractivity contribution in [2.24, 2.45) is 16.9 Å². The SMILES string of the molecule is CC(C)C(=O)Nc1ccc(NC(=O)[C@@H]2CCCN2/N=C/c2ccc(OC(F)F)c(OCC3CC3)c2)cc1. The van der Waals surface area contributed by atoms with E-state index >= 15 is 0 Å². The number of anilines is 2. The molecule has 0 unspecified atom stereocenters.